The van der Waals surface area contributed by atoms with E-state index < -0.39 is 0 Å². The molecule has 0 spiro atoms. The summed E-state index contributed by atoms with van der Waals surface area (Å²) in [6.07, 6.45) is 6.82. The molecule has 1 saturated heterocycles. The zero-order chi connectivity index (χ0) is 12.3. The number of fused-ring (bicyclic) bond motifs is 1. The first-order valence-corrected chi connectivity index (χ1v) is 7.11. The second kappa shape index (κ2) is 5.68. The van der Waals surface area contributed by atoms with E-state index in [1.807, 2.05) is 0 Å². The van der Waals surface area contributed by atoms with E-state index in [1.54, 1.807) is 7.11 Å². The highest BCUT2D eigenvalue weighted by Gasteiger charge is 2.43. The third kappa shape index (κ3) is 3.01. The second-order valence-corrected chi connectivity index (χ2v) is 5.92. The summed E-state index contributed by atoms with van der Waals surface area (Å²) in [7, 11) is 1.77. The smallest absolute Gasteiger partial charge is 0.0700 e. The summed E-state index contributed by atoms with van der Waals surface area (Å²) in [5.41, 5.74) is -0.338. The van der Waals surface area contributed by atoms with Gasteiger partial charge in [-0.05, 0) is 32.6 Å². The lowest BCUT2D eigenvalue weighted by atomic mass is 9.71. The number of rotatable bonds is 4. The van der Waals surface area contributed by atoms with Crippen LogP contribution >= 0.6 is 0 Å². The van der Waals surface area contributed by atoms with Crippen LogP contribution in [0.3, 0.4) is 0 Å². The molecule has 2 fully saturated rings. The van der Waals surface area contributed by atoms with E-state index in [2.05, 4.69) is 11.8 Å². The summed E-state index contributed by atoms with van der Waals surface area (Å²) in [6.45, 7) is 5.26. The minimum absolute atomic E-state index is 0.338. The van der Waals surface area contributed by atoms with E-state index in [-0.39, 0.29) is 5.60 Å². The summed E-state index contributed by atoms with van der Waals surface area (Å²) in [6, 6.07) is 0.585. The van der Waals surface area contributed by atoms with Crippen LogP contribution in [0.25, 0.3) is 0 Å². The highest BCUT2D eigenvalue weighted by atomic mass is 16.5. The molecular weight excluding hydrogens is 214 g/mol. The summed E-state index contributed by atoms with van der Waals surface area (Å²) in [4.78, 5) is 2.55. The second-order valence-electron chi connectivity index (χ2n) is 5.92. The minimum Gasteiger partial charge on any atom is -0.390 e. The molecule has 1 N–H and O–H groups in total. The van der Waals surface area contributed by atoms with Crippen molar-refractivity contribution >= 4 is 0 Å². The van der Waals surface area contributed by atoms with Gasteiger partial charge in [-0.15, -0.1) is 0 Å². The molecule has 0 aromatic rings. The van der Waals surface area contributed by atoms with Gasteiger partial charge in [0, 0.05) is 38.8 Å². The van der Waals surface area contributed by atoms with Crippen molar-refractivity contribution in [3.05, 3.63) is 0 Å². The quantitative estimate of drug-likeness (QED) is 0.817. The average Bonchev–Trinajstić information content (AvgIpc) is 2.34. The van der Waals surface area contributed by atoms with Crippen LogP contribution in [0.15, 0.2) is 0 Å². The van der Waals surface area contributed by atoms with Crippen molar-refractivity contribution in [2.45, 2.75) is 57.1 Å². The molecule has 3 nitrogen and oxygen atoms in total. The van der Waals surface area contributed by atoms with E-state index >= 15 is 0 Å². The van der Waals surface area contributed by atoms with Gasteiger partial charge in [-0.1, -0.05) is 12.8 Å². The molecule has 0 radical (unpaired) electrons. The van der Waals surface area contributed by atoms with E-state index in [0.29, 0.717) is 12.0 Å². The van der Waals surface area contributed by atoms with Crippen LogP contribution in [-0.4, -0.2) is 48.5 Å². The van der Waals surface area contributed by atoms with Crippen LogP contribution in [0.2, 0.25) is 0 Å². The van der Waals surface area contributed by atoms with E-state index in [1.165, 1.54) is 19.3 Å². The molecule has 3 unspecified atom stereocenters. The van der Waals surface area contributed by atoms with Crippen molar-refractivity contribution in [2.24, 2.45) is 5.92 Å². The summed E-state index contributed by atoms with van der Waals surface area (Å²) >= 11 is 0. The van der Waals surface area contributed by atoms with Gasteiger partial charge < -0.3 is 14.7 Å². The molecule has 1 aliphatic heterocycles. The first-order valence-electron chi connectivity index (χ1n) is 7.11. The number of hydrogen-bond donors (Lipinski definition) is 1. The Morgan fingerprint density at radius 1 is 1.41 bits per heavy atom. The summed E-state index contributed by atoms with van der Waals surface area (Å²) < 4.78 is 5.15. The average molecular weight is 241 g/mol. The lowest BCUT2D eigenvalue weighted by Gasteiger charge is -2.49. The van der Waals surface area contributed by atoms with Gasteiger partial charge in [0.2, 0.25) is 0 Å². The molecular formula is C14H27NO2. The number of nitrogens with zero attached hydrogens (tertiary/aromatic N) is 1. The Balaban J connectivity index is 1.88. The largest absolute Gasteiger partial charge is 0.390 e. The van der Waals surface area contributed by atoms with E-state index in [0.717, 1.165) is 39.0 Å². The van der Waals surface area contributed by atoms with Gasteiger partial charge in [0.1, 0.15) is 0 Å². The highest BCUT2D eigenvalue weighted by molar-refractivity contribution is 4.96. The third-order valence-electron chi connectivity index (χ3n) is 4.82. The molecule has 1 aliphatic carbocycles. The SMILES string of the molecule is COCCC(C)N1CCC2(O)CCCCC2C1. The van der Waals surface area contributed by atoms with Crippen LogP contribution in [-0.2, 0) is 4.74 Å². The Hall–Kier alpha value is -0.120. The molecule has 0 aromatic heterocycles. The van der Waals surface area contributed by atoms with Crippen LogP contribution in [0.5, 0.6) is 0 Å². The standard InChI is InChI=1S/C14H27NO2/c1-12(6-10-17-2)15-9-8-14(16)7-4-3-5-13(14)11-15/h12-13,16H,3-11H2,1-2H3. The van der Waals surface area contributed by atoms with Crippen molar-refractivity contribution in [3.8, 4) is 0 Å². The zero-order valence-corrected chi connectivity index (χ0v) is 11.3. The van der Waals surface area contributed by atoms with Gasteiger partial charge in [-0.25, -0.2) is 0 Å². The number of piperidine rings is 1. The number of hydrogen-bond acceptors (Lipinski definition) is 3. The van der Waals surface area contributed by atoms with Crippen molar-refractivity contribution in [3.63, 3.8) is 0 Å². The van der Waals surface area contributed by atoms with Gasteiger partial charge in [0.15, 0.2) is 0 Å². The molecule has 3 heteroatoms. The van der Waals surface area contributed by atoms with Gasteiger partial charge in [-0.3, -0.25) is 0 Å². The van der Waals surface area contributed by atoms with Crippen LogP contribution < -0.4 is 0 Å². The van der Waals surface area contributed by atoms with E-state index in [9.17, 15) is 5.11 Å². The molecule has 17 heavy (non-hydrogen) atoms. The summed E-state index contributed by atoms with van der Waals surface area (Å²) in [5, 5.41) is 10.6. The monoisotopic (exact) mass is 241 g/mol. The van der Waals surface area contributed by atoms with Gasteiger partial charge >= 0.3 is 0 Å². The maximum atomic E-state index is 10.6. The van der Waals surface area contributed by atoms with Gasteiger partial charge in [-0.2, -0.15) is 0 Å². The van der Waals surface area contributed by atoms with E-state index in [4.69, 9.17) is 4.74 Å². The third-order valence-corrected chi connectivity index (χ3v) is 4.82. The minimum atomic E-state index is -0.338. The van der Waals surface area contributed by atoms with Gasteiger partial charge in [0.25, 0.3) is 0 Å². The molecule has 0 aromatic carbocycles. The molecule has 2 aliphatic rings. The number of aliphatic hydroxyl groups is 1. The van der Waals surface area contributed by atoms with Crippen molar-refractivity contribution in [1.82, 2.24) is 4.90 Å². The molecule has 1 heterocycles. The predicted octanol–water partition coefficient (Wildman–Crippen LogP) is 2.04. The normalized spacial score (nSPS) is 36.5. The van der Waals surface area contributed by atoms with Crippen LogP contribution in [0, 0.1) is 5.92 Å². The van der Waals surface area contributed by atoms with Crippen molar-refractivity contribution in [2.75, 3.05) is 26.8 Å². The summed E-state index contributed by atoms with van der Waals surface area (Å²) in [5.74, 6) is 0.509. The molecule has 3 atom stereocenters. The molecule has 0 bridgehead atoms. The Bertz CT molecular complexity index is 246. The predicted molar refractivity (Wildman–Crippen MR) is 69.1 cm³/mol. The Morgan fingerprint density at radius 3 is 3.00 bits per heavy atom. The Labute approximate surface area is 105 Å². The maximum Gasteiger partial charge on any atom is 0.0700 e. The highest BCUT2D eigenvalue weighted by Crippen LogP contribution is 2.40. The fraction of sp³-hybridized carbons (Fsp3) is 1.00. The van der Waals surface area contributed by atoms with Crippen molar-refractivity contribution in [1.29, 1.82) is 0 Å². The first-order chi connectivity index (χ1) is 8.15. The molecule has 2 rings (SSSR count). The zero-order valence-electron chi connectivity index (χ0n) is 11.3. The Morgan fingerprint density at radius 2 is 2.24 bits per heavy atom. The van der Waals surface area contributed by atoms with Crippen LogP contribution in [0.1, 0.15) is 45.4 Å². The molecule has 100 valence electrons. The fourth-order valence-corrected chi connectivity index (χ4v) is 3.47. The lowest BCUT2D eigenvalue weighted by molar-refractivity contribution is -0.102. The number of likely N-dealkylation sites (tertiary alicyclic amines) is 1. The lowest BCUT2D eigenvalue weighted by Crippen LogP contribution is -2.55. The topological polar surface area (TPSA) is 32.7 Å². The molecule has 0 amide bonds. The maximum absolute atomic E-state index is 10.6. The fourth-order valence-electron chi connectivity index (χ4n) is 3.47. The molecule has 1 saturated carbocycles. The van der Waals surface area contributed by atoms with Crippen LogP contribution in [0.4, 0.5) is 0 Å². The number of methoxy groups -OCH3 is 1. The number of ether oxygens (including phenoxy) is 1. The first kappa shape index (κ1) is 13.3. The van der Waals surface area contributed by atoms with Crippen molar-refractivity contribution < 1.29 is 9.84 Å². The van der Waals surface area contributed by atoms with Gasteiger partial charge in [0.05, 0.1) is 5.60 Å². The Kier molecular flexibility index (Phi) is 4.45.